The lowest BCUT2D eigenvalue weighted by atomic mass is 10.1. The van der Waals surface area contributed by atoms with Crippen LogP contribution in [0.4, 0.5) is 11.4 Å². The topological polar surface area (TPSA) is 154 Å². The van der Waals surface area contributed by atoms with Gasteiger partial charge in [0.1, 0.15) is 22.1 Å². The Morgan fingerprint density at radius 1 is 1.08 bits per heavy atom. The Morgan fingerprint density at radius 2 is 1.78 bits per heavy atom. The van der Waals surface area contributed by atoms with Crippen molar-refractivity contribution in [1.29, 1.82) is 0 Å². The van der Waals surface area contributed by atoms with Crippen LogP contribution in [0.2, 0.25) is 0 Å². The van der Waals surface area contributed by atoms with Gasteiger partial charge in [0, 0.05) is 12.2 Å². The van der Waals surface area contributed by atoms with E-state index in [-0.39, 0.29) is 28.6 Å². The number of aromatic nitrogens is 1. The molecular weight excluding hydrogens is 494 g/mol. The zero-order chi connectivity index (χ0) is 26.5. The number of amides is 3. The van der Waals surface area contributed by atoms with E-state index in [1.807, 2.05) is 12.1 Å². The van der Waals surface area contributed by atoms with Crippen molar-refractivity contribution in [3.8, 4) is 5.75 Å². The van der Waals surface area contributed by atoms with E-state index in [9.17, 15) is 14.4 Å². The molecule has 0 radical (unpaired) electrons. The molecule has 2 heterocycles. The van der Waals surface area contributed by atoms with E-state index in [0.29, 0.717) is 17.2 Å². The molecule has 0 spiro atoms. The van der Waals surface area contributed by atoms with Crippen LogP contribution in [0.15, 0.2) is 71.1 Å². The lowest BCUT2D eigenvalue weighted by molar-refractivity contribution is -0.123. The summed E-state index contributed by atoms with van der Waals surface area (Å²) in [6.45, 7) is 1.94. The van der Waals surface area contributed by atoms with Gasteiger partial charge in [-0.05, 0) is 60.4 Å². The smallest absolute Gasteiger partial charge is 0.273 e. The highest BCUT2D eigenvalue weighted by atomic mass is 32.1. The van der Waals surface area contributed by atoms with Crippen LogP contribution in [-0.4, -0.2) is 29.2 Å². The predicted molar refractivity (Wildman–Crippen MR) is 139 cm³/mol. The van der Waals surface area contributed by atoms with E-state index >= 15 is 0 Å². The van der Waals surface area contributed by atoms with Gasteiger partial charge in [0.05, 0.1) is 12.8 Å². The molecule has 0 bridgehead atoms. The number of rotatable bonds is 9. The normalized spacial score (nSPS) is 11.5. The number of nitrogen functional groups attached to an aromatic ring is 1. The molecule has 4 aromatic rings. The second-order valence-corrected chi connectivity index (χ2v) is 8.84. The second kappa shape index (κ2) is 11.0. The first-order chi connectivity index (χ1) is 17.8. The minimum absolute atomic E-state index is 0.0196. The fourth-order valence-corrected chi connectivity index (χ4v) is 4.46. The number of primary amides is 1. The Bertz CT molecular complexity index is 1410. The Labute approximate surface area is 217 Å². The van der Waals surface area contributed by atoms with Gasteiger partial charge in [-0.25, -0.2) is 0 Å². The molecule has 2 aromatic carbocycles. The number of anilines is 2. The van der Waals surface area contributed by atoms with Crippen LogP contribution < -0.4 is 26.4 Å². The summed E-state index contributed by atoms with van der Waals surface area (Å²) in [5.41, 5.74) is 12.3. The molecule has 37 heavy (non-hydrogen) atoms. The molecule has 0 aliphatic rings. The number of hydrogen-bond donors (Lipinski definition) is 3. The van der Waals surface area contributed by atoms with Crippen LogP contribution >= 0.6 is 11.5 Å². The minimum atomic E-state index is -1.19. The molecule has 11 heteroatoms. The fourth-order valence-electron chi connectivity index (χ4n) is 3.71. The fraction of sp³-hybridized carbons (Fsp3) is 0.154. The molecule has 4 rings (SSSR count). The minimum Gasteiger partial charge on any atom is -0.497 e. The van der Waals surface area contributed by atoms with Crippen LogP contribution in [0.25, 0.3) is 0 Å². The number of nitrogens with two attached hydrogens (primary N) is 2. The summed E-state index contributed by atoms with van der Waals surface area (Å²) in [5.74, 6) is -0.461. The molecule has 2 aromatic heterocycles. The molecule has 0 aliphatic heterocycles. The number of hydrogen-bond acceptors (Lipinski definition) is 8. The lowest BCUT2D eigenvalue weighted by Crippen LogP contribution is -2.43. The largest absolute Gasteiger partial charge is 0.497 e. The van der Waals surface area contributed by atoms with E-state index in [2.05, 4.69) is 9.69 Å². The lowest BCUT2D eigenvalue weighted by Gasteiger charge is -2.29. The van der Waals surface area contributed by atoms with Crippen LogP contribution in [-0.2, 0) is 11.3 Å². The summed E-state index contributed by atoms with van der Waals surface area (Å²) >= 11 is 0.738. The summed E-state index contributed by atoms with van der Waals surface area (Å²) in [5, 5.41) is 2.89. The first kappa shape index (κ1) is 25.5. The molecule has 0 unspecified atom stereocenters. The van der Waals surface area contributed by atoms with Crippen molar-refractivity contribution in [2.45, 2.75) is 19.5 Å². The van der Waals surface area contributed by atoms with E-state index < -0.39 is 23.8 Å². The second-order valence-electron chi connectivity index (χ2n) is 8.07. The van der Waals surface area contributed by atoms with Crippen molar-refractivity contribution in [2.75, 3.05) is 17.7 Å². The van der Waals surface area contributed by atoms with Gasteiger partial charge in [0.25, 0.3) is 17.7 Å². The van der Waals surface area contributed by atoms with E-state index in [1.54, 1.807) is 68.6 Å². The Kier molecular flexibility index (Phi) is 7.54. The summed E-state index contributed by atoms with van der Waals surface area (Å²) in [7, 11) is 1.57. The summed E-state index contributed by atoms with van der Waals surface area (Å²) in [6, 6.07) is 18.0. The maximum Gasteiger partial charge on any atom is 0.273 e. The number of para-hydroxylation sites is 1. The van der Waals surface area contributed by atoms with E-state index in [1.165, 1.54) is 4.90 Å². The first-order valence-electron chi connectivity index (χ1n) is 11.2. The highest BCUT2D eigenvalue weighted by molar-refractivity contribution is 7.09. The van der Waals surface area contributed by atoms with Crippen LogP contribution in [0.5, 0.6) is 5.75 Å². The summed E-state index contributed by atoms with van der Waals surface area (Å²) in [4.78, 5) is 40.5. The van der Waals surface area contributed by atoms with Crippen molar-refractivity contribution in [1.82, 2.24) is 9.69 Å². The van der Waals surface area contributed by atoms with Crippen LogP contribution in [0, 0.1) is 6.92 Å². The van der Waals surface area contributed by atoms with Crippen LogP contribution in [0.3, 0.4) is 0 Å². The highest BCUT2D eigenvalue weighted by Gasteiger charge is 2.37. The molecule has 190 valence electrons. The van der Waals surface area contributed by atoms with Gasteiger partial charge in [-0.3, -0.25) is 19.3 Å². The molecule has 0 saturated heterocycles. The molecule has 3 amide bonds. The van der Waals surface area contributed by atoms with E-state index in [4.69, 9.17) is 20.6 Å². The quantitative estimate of drug-likeness (QED) is 0.306. The van der Waals surface area contributed by atoms with Gasteiger partial charge in [0.2, 0.25) is 0 Å². The summed E-state index contributed by atoms with van der Waals surface area (Å²) < 4.78 is 14.9. The number of benzene rings is 2. The molecule has 10 nitrogen and oxygen atoms in total. The third kappa shape index (κ3) is 5.46. The van der Waals surface area contributed by atoms with Crippen LogP contribution in [0.1, 0.15) is 43.3 Å². The summed E-state index contributed by atoms with van der Waals surface area (Å²) in [6.07, 6.45) is 0. The molecular formula is C26H25N5O5S. The number of nitrogens with one attached hydrogen (secondary N) is 1. The van der Waals surface area contributed by atoms with E-state index in [0.717, 1.165) is 17.1 Å². The van der Waals surface area contributed by atoms with Crippen molar-refractivity contribution in [2.24, 2.45) is 5.73 Å². The van der Waals surface area contributed by atoms with Crippen molar-refractivity contribution in [3.05, 3.63) is 94.4 Å². The number of carbonyl (C=O) groups is 3. The number of carbonyl (C=O) groups excluding carboxylic acids is 3. The van der Waals surface area contributed by atoms with Gasteiger partial charge >= 0.3 is 0 Å². The first-order valence-corrected chi connectivity index (χ1v) is 12.0. The highest BCUT2D eigenvalue weighted by Crippen LogP contribution is 2.33. The number of methoxy groups -OCH3 is 1. The third-order valence-electron chi connectivity index (χ3n) is 5.57. The average Bonchev–Trinajstić information content (AvgIpc) is 3.51. The number of nitrogens with zero attached hydrogens (tertiary/aromatic N) is 2. The Morgan fingerprint density at radius 3 is 2.35 bits per heavy atom. The molecule has 0 fully saturated rings. The van der Waals surface area contributed by atoms with Gasteiger partial charge in [-0.2, -0.15) is 4.37 Å². The third-order valence-corrected chi connectivity index (χ3v) is 6.42. The Hall–Kier alpha value is -4.64. The van der Waals surface area contributed by atoms with Gasteiger partial charge in [-0.1, -0.05) is 30.3 Å². The molecule has 5 N–H and O–H groups in total. The van der Waals surface area contributed by atoms with Gasteiger partial charge in [-0.15, -0.1) is 0 Å². The standard InChI is InChI=1S/C26H25N5O5S/c1-15-8-13-19(36-15)22(25(33)29-14-16-9-11-18(35-2)12-10-16)31(17-6-4-3-5-7-17)26(34)23-20(27)21(24(28)32)30-37-23/h3-13,22H,14,27H2,1-2H3,(H2,28,32)(H,29,33)/t22-/m0/s1. The van der Waals surface area contributed by atoms with Crippen molar-refractivity contribution in [3.63, 3.8) is 0 Å². The molecule has 0 saturated carbocycles. The van der Waals surface area contributed by atoms with Crippen molar-refractivity contribution >= 4 is 40.6 Å². The molecule has 1 atom stereocenters. The Balaban J connectivity index is 1.74. The monoisotopic (exact) mass is 519 g/mol. The van der Waals surface area contributed by atoms with Crippen molar-refractivity contribution < 1.29 is 23.5 Å². The average molecular weight is 520 g/mol. The molecule has 0 aliphatic carbocycles. The number of aryl methyl sites for hydroxylation is 1. The number of ether oxygens (including phenoxy) is 1. The van der Waals surface area contributed by atoms with Gasteiger partial charge < -0.3 is 25.9 Å². The zero-order valence-corrected chi connectivity index (χ0v) is 21.0. The number of furan rings is 1. The maximum absolute atomic E-state index is 13.9. The van der Waals surface area contributed by atoms with Gasteiger partial charge in [0.15, 0.2) is 11.7 Å². The predicted octanol–water partition coefficient (Wildman–Crippen LogP) is 3.44. The zero-order valence-electron chi connectivity index (χ0n) is 20.1. The SMILES string of the molecule is COc1ccc(CNC(=O)[C@H](c2ccc(C)o2)N(C(=O)c2snc(C(N)=O)c2N)c2ccccc2)cc1. The maximum atomic E-state index is 13.9.